The first-order chi connectivity index (χ1) is 15.6. The zero-order valence-electron chi connectivity index (χ0n) is 18.9. The van der Waals surface area contributed by atoms with Crippen LogP contribution < -0.4 is 16.1 Å². The number of hydrogen-bond acceptors (Lipinski definition) is 4. The minimum absolute atomic E-state index is 0.0423. The second-order valence-electron chi connectivity index (χ2n) is 8.98. The van der Waals surface area contributed by atoms with E-state index in [0.29, 0.717) is 0 Å². The minimum atomic E-state index is -0.108. The molecule has 1 fully saturated rings. The highest BCUT2D eigenvalue weighted by Gasteiger charge is 2.22. The van der Waals surface area contributed by atoms with E-state index >= 15 is 0 Å². The quantitative estimate of drug-likeness (QED) is 0.279. The van der Waals surface area contributed by atoms with Crippen LogP contribution in [0.1, 0.15) is 63.0 Å². The second kappa shape index (κ2) is 11.0. The van der Waals surface area contributed by atoms with Crippen LogP contribution in [0.15, 0.2) is 36.6 Å². The maximum Gasteiger partial charge on any atom is 0.223 e. The summed E-state index contributed by atoms with van der Waals surface area (Å²) in [5.74, 6) is 1.43. The number of unbranched alkanes of at least 4 members (excludes halogenated alkanes) is 1. The first-order valence-corrected chi connectivity index (χ1v) is 12.4. The summed E-state index contributed by atoms with van der Waals surface area (Å²) in [6.07, 6.45) is 18.9. The molecule has 0 bridgehead atoms. The molecule has 0 aliphatic heterocycles. The van der Waals surface area contributed by atoms with Gasteiger partial charge in [-0.25, -0.2) is 4.98 Å². The summed E-state index contributed by atoms with van der Waals surface area (Å²) < 4.78 is 1.86. The maximum absolute atomic E-state index is 12.4. The molecule has 2 aromatic heterocycles. The van der Waals surface area contributed by atoms with Gasteiger partial charge in [-0.15, -0.1) is 11.6 Å². The van der Waals surface area contributed by atoms with Crippen LogP contribution in [0.4, 0.5) is 5.82 Å². The maximum atomic E-state index is 12.4. The van der Waals surface area contributed by atoms with Crippen LogP contribution in [0.3, 0.4) is 0 Å². The standard InChI is InChI=1S/C24H33BClN5O/c25-19-16-29-31-22(15-21(30-23(19)31)18-11-5-6-12-20(18)26)27-13-7-8-14-28-24(32)17-9-3-1-2-4-10-17/h5-6,11-12,15-18,20,27H,1-4,7-10,13-14,25H2,(H,28,32). The minimum Gasteiger partial charge on any atom is -0.370 e. The van der Waals surface area contributed by atoms with E-state index in [-0.39, 0.29) is 23.1 Å². The number of hydrogen-bond donors (Lipinski definition) is 2. The number of anilines is 1. The van der Waals surface area contributed by atoms with Crippen molar-refractivity contribution < 1.29 is 4.79 Å². The van der Waals surface area contributed by atoms with Crippen LogP contribution in [-0.2, 0) is 4.79 Å². The van der Waals surface area contributed by atoms with Crippen molar-refractivity contribution in [1.82, 2.24) is 19.9 Å². The Bertz CT molecular complexity index is 980. The molecule has 32 heavy (non-hydrogen) atoms. The average molecular weight is 454 g/mol. The van der Waals surface area contributed by atoms with Crippen molar-refractivity contribution in [2.24, 2.45) is 5.92 Å². The van der Waals surface area contributed by atoms with Crippen molar-refractivity contribution in [3.05, 3.63) is 42.3 Å². The smallest absolute Gasteiger partial charge is 0.223 e. The molecule has 2 atom stereocenters. The van der Waals surface area contributed by atoms with E-state index in [0.717, 1.165) is 61.4 Å². The summed E-state index contributed by atoms with van der Waals surface area (Å²) in [6, 6.07) is 2.05. The zero-order valence-corrected chi connectivity index (χ0v) is 19.7. The molecule has 1 saturated carbocycles. The summed E-state index contributed by atoms with van der Waals surface area (Å²) in [7, 11) is 2.02. The van der Waals surface area contributed by atoms with E-state index in [2.05, 4.69) is 27.9 Å². The number of carbonyl (C=O) groups excluding carboxylic acids is 1. The fourth-order valence-corrected chi connectivity index (χ4v) is 4.89. The first kappa shape index (κ1) is 22.9. The largest absolute Gasteiger partial charge is 0.370 e. The number of halogens is 1. The third kappa shape index (κ3) is 5.55. The molecule has 1 amide bonds. The lowest BCUT2D eigenvalue weighted by Gasteiger charge is -2.20. The molecule has 2 N–H and O–H groups in total. The molecule has 2 aromatic rings. The van der Waals surface area contributed by atoms with Crippen LogP contribution in [-0.4, -0.2) is 46.8 Å². The van der Waals surface area contributed by atoms with Gasteiger partial charge in [0.1, 0.15) is 13.7 Å². The molecule has 0 radical (unpaired) electrons. The molecule has 170 valence electrons. The van der Waals surface area contributed by atoms with Gasteiger partial charge in [-0.3, -0.25) is 4.79 Å². The summed E-state index contributed by atoms with van der Waals surface area (Å²) in [6.45, 7) is 1.55. The molecular formula is C24H33BClN5O. The number of carbonyl (C=O) groups is 1. The van der Waals surface area contributed by atoms with Gasteiger partial charge in [0.2, 0.25) is 5.91 Å². The Morgan fingerprint density at radius 2 is 1.88 bits per heavy atom. The lowest BCUT2D eigenvalue weighted by Crippen LogP contribution is -2.31. The molecule has 2 heterocycles. The molecule has 8 heteroatoms. The van der Waals surface area contributed by atoms with Gasteiger partial charge in [-0.2, -0.15) is 9.61 Å². The molecule has 4 rings (SSSR count). The number of nitrogens with zero attached hydrogens (tertiary/aromatic N) is 3. The number of amides is 1. The molecule has 0 saturated heterocycles. The van der Waals surface area contributed by atoms with Gasteiger partial charge < -0.3 is 10.6 Å². The molecule has 2 unspecified atom stereocenters. The number of nitrogens with one attached hydrogen (secondary N) is 2. The summed E-state index contributed by atoms with van der Waals surface area (Å²) >= 11 is 6.53. The number of allylic oxidation sites excluding steroid dienone is 4. The van der Waals surface area contributed by atoms with Crippen LogP contribution in [0.25, 0.3) is 5.65 Å². The van der Waals surface area contributed by atoms with E-state index in [1.165, 1.54) is 25.7 Å². The van der Waals surface area contributed by atoms with E-state index < -0.39 is 0 Å². The highest BCUT2D eigenvalue weighted by Crippen LogP contribution is 2.29. The SMILES string of the molecule is Bc1cnn2c(NCCCCNC(=O)C3CCCCCC3)cc(C3C=CC=CC3Cl)nc12. The Hall–Kier alpha value is -2.28. The Kier molecular flexibility index (Phi) is 7.90. The number of aromatic nitrogens is 3. The lowest BCUT2D eigenvalue weighted by atomic mass is 9.95. The highest BCUT2D eigenvalue weighted by atomic mass is 35.5. The summed E-state index contributed by atoms with van der Waals surface area (Å²) in [5.41, 5.74) is 2.84. The molecule has 2 aliphatic rings. The Balaban J connectivity index is 1.30. The Morgan fingerprint density at radius 3 is 2.66 bits per heavy atom. The monoisotopic (exact) mass is 453 g/mol. The Morgan fingerprint density at radius 1 is 1.12 bits per heavy atom. The molecular weight excluding hydrogens is 421 g/mol. The first-order valence-electron chi connectivity index (χ1n) is 12.0. The van der Waals surface area contributed by atoms with Crippen LogP contribution in [0.5, 0.6) is 0 Å². The van der Waals surface area contributed by atoms with E-state index in [1.54, 1.807) is 0 Å². The van der Waals surface area contributed by atoms with Crippen molar-refractivity contribution >= 4 is 42.3 Å². The van der Waals surface area contributed by atoms with Gasteiger partial charge in [-0.05, 0) is 31.1 Å². The second-order valence-corrected chi connectivity index (χ2v) is 9.49. The highest BCUT2D eigenvalue weighted by molar-refractivity contribution is 6.36. The van der Waals surface area contributed by atoms with E-state index in [1.807, 2.05) is 36.8 Å². The van der Waals surface area contributed by atoms with Gasteiger partial charge in [0.25, 0.3) is 0 Å². The lowest BCUT2D eigenvalue weighted by molar-refractivity contribution is -0.125. The van der Waals surface area contributed by atoms with Crippen LogP contribution >= 0.6 is 11.6 Å². The van der Waals surface area contributed by atoms with Crippen LogP contribution in [0.2, 0.25) is 0 Å². The van der Waals surface area contributed by atoms with Crippen molar-refractivity contribution in [3.63, 3.8) is 0 Å². The van der Waals surface area contributed by atoms with Crippen molar-refractivity contribution in [1.29, 1.82) is 0 Å². The van der Waals surface area contributed by atoms with Crippen molar-refractivity contribution in [2.45, 2.75) is 62.7 Å². The predicted molar refractivity (Wildman–Crippen MR) is 134 cm³/mol. The number of alkyl halides is 1. The number of fused-ring (bicyclic) bond motifs is 1. The topological polar surface area (TPSA) is 71.3 Å². The van der Waals surface area contributed by atoms with Gasteiger partial charge in [-0.1, -0.05) is 50.0 Å². The van der Waals surface area contributed by atoms with Crippen molar-refractivity contribution in [3.8, 4) is 0 Å². The van der Waals surface area contributed by atoms with Gasteiger partial charge >= 0.3 is 0 Å². The normalized spacial score (nSPS) is 21.5. The third-order valence-electron chi connectivity index (χ3n) is 6.51. The summed E-state index contributed by atoms with van der Waals surface area (Å²) in [4.78, 5) is 17.2. The summed E-state index contributed by atoms with van der Waals surface area (Å²) in [5, 5.41) is 11.0. The molecule has 6 nitrogen and oxygen atoms in total. The number of rotatable bonds is 8. The third-order valence-corrected chi connectivity index (χ3v) is 6.93. The zero-order chi connectivity index (χ0) is 22.3. The van der Waals surface area contributed by atoms with E-state index in [4.69, 9.17) is 16.6 Å². The molecule has 0 aromatic carbocycles. The van der Waals surface area contributed by atoms with Gasteiger partial charge in [0.15, 0.2) is 5.65 Å². The van der Waals surface area contributed by atoms with Gasteiger partial charge in [0.05, 0.1) is 11.1 Å². The van der Waals surface area contributed by atoms with Crippen molar-refractivity contribution in [2.75, 3.05) is 18.4 Å². The fraction of sp³-hybridized carbons (Fsp3) is 0.542. The molecule has 2 aliphatic carbocycles. The van der Waals surface area contributed by atoms with E-state index in [9.17, 15) is 4.79 Å². The molecule has 0 spiro atoms. The van der Waals surface area contributed by atoms with Crippen LogP contribution in [0, 0.1) is 5.92 Å². The fourth-order valence-electron chi connectivity index (χ4n) is 4.59. The predicted octanol–water partition coefficient (Wildman–Crippen LogP) is 3.08. The Labute approximate surface area is 196 Å². The average Bonchev–Trinajstić information content (AvgIpc) is 3.00. The van der Waals surface area contributed by atoms with Gasteiger partial charge in [0, 0.05) is 37.2 Å².